The number of aromatic hydroxyl groups is 1. The molecule has 2 aromatic carbocycles. The standard InChI is InChI=1S/C20H19N5O3S/c1-2-15(23-24-19(29)21-13-9-5-3-6-10-13)16-17(26)22-20(28)25(18(16)27)14-11-7-4-8-12-14/h3-12,27H,2H2,1H3,(H2,21,24,29)(H,22,26,28). The van der Waals surface area contributed by atoms with E-state index in [4.69, 9.17) is 12.2 Å². The average Bonchev–Trinajstić information content (AvgIpc) is 2.71. The van der Waals surface area contributed by atoms with Gasteiger partial charge in [-0.15, -0.1) is 0 Å². The van der Waals surface area contributed by atoms with Gasteiger partial charge in [0.15, 0.2) is 5.11 Å². The number of benzene rings is 2. The number of H-pyrrole nitrogens is 1. The maximum absolute atomic E-state index is 12.4. The molecule has 3 aromatic rings. The monoisotopic (exact) mass is 409 g/mol. The number of nitrogens with one attached hydrogen (secondary N) is 3. The highest BCUT2D eigenvalue weighted by molar-refractivity contribution is 7.80. The number of para-hydroxylation sites is 2. The minimum atomic E-state index is -0.743. The molecule has 0 bridgehead atoms. The molecule has 9 heteroatoms. The number of hydrogen-bond donors (Lipinski definition) is 4. The molecular formula is C20H19N5O3S. The Morgan fingerprint density at radius 1 is 1.10 bits per heavy atom. The molecule has 0 radical (unpaired) electrons. The summed E-state index contributed by atoms with van der Waals surface area (Å²) < 4.78 is 1.02. The molecule has 0 spiro atoms. The SMILES string of the molecule is CCC(=NNC(=S)Nc1ccccc1)c1c(O)n(-c2ccccc2)c(=O)[nH]c1=O. The number of hydrogen-bond acceptors (Lipinski definition) is 5. The van der Waals surface area contributed by atoms with Crippen molar-refractivity contribution in [1.82, 2.24) is 15.0 Å². The second kappa shape index (κ2) is 8.98. The van der Waals surface area contributed by atoms with Crippen molar-refractivity contribution in [2.45, 2.75) is 13.3 Å². The molecule has 0 fully saturated rings. The maximum atomic E-state index is 12.4. The Labute approximate surface area is 171 Å². The van der Waals surface area contributed by atoms with E-state index in [0.29, 0.717) is 12.1 Å². The lowest BCUT2D eigenvalue weighted by atomic mass is 10.1. The first-order valence-electron chi connectivity index (χ1n) is 8.84. The van der Waals surface area contributed by atoms with Gasteiger partial charge < -0.3 is 10.4 Å². The van der Waals surface area contributed by atoms with E-state index in [-0.39, 0.29) is 16.4 Å². The molecule has 3 rings (SSSR count). The lowest BCUT2D eigenvalue weighted by Crippen LogP contribution is -2.34. The van der Waals surface area contributed by atoms with Crippen molar-refractivity contribution in [3.05, 3.63) is 87.1 Å². The van der Waals surface area contributed by atoms with Crippen LogP contribution >= 0.6 is 12.2 Å². The number of rotatable bonds is 5. The quantitative estimate of drug-likeness (QED) is 0.292. The fraction of sp³-hybridized carbons (Fsp3) is 0.100. The molecule has 0 amide bonds. The number of hydrazone groups is 1. The molecule has 29 heavy (non-hydrogen) atoms. The molecule has 0 aliphatic heterocycles. The first-order chi connectivity index (χ1) is 14.0. The summed E-state index contributed by atoms with van der Waals surface area (Å²) in [7, 11) is 0. The van der Waals surface area contributed by atoms with E-state index in [9.17, 15) is 14.7 Å². The number of aromatic nitrogens is 2. The van der Waals surface area contributed by atoms with Crippen LogP contribution < -0.4 is 22.0 Å². The average molecular weight is 409 g/mol. The molecule has 0 saturated heterocycles. The minimum Gasteiger partial charge on any atom is -0.493 e. The Balaban J connectivity index is 1.95. The molecule has 148 valence electrons. The van der Waals surface area contributed by atoms with Crippen molar-refractivity contribution < 1.29 is 5.11 Å². The van der Waals surface area contributed by atoms with Crippen LogP contribution in [0.5, 0.6) is 5.88 Å². The van der Waals surface area contributed by atoms with Crippen LogP contribution in [-0.4, -0.2) is 25.5 Å². The Morgan fingerprint density at radius 2 is 1.72 bits per heavy atom. The van der Waals surface area contributed by atoms with Gasteiger partial charge in [-0.1, -0.05) is 43.3 Å². The maximum Gasteiger partial charge on any atom is 0.335 e. The third kappa shape index (κ3) is 4.58. The zero-order chi connectivity index (χ0) is 20.8. The van der Waals surface area contributed by atoms with Gasteiger partial charge in [0.1, 0.15) is 5.56 Å². The summed E-state index contributed by atoms with van der Waals surface area (Å²) in [5, 5.41) is 18.0. The molecule has 0 aliphatic carbocycles. The molecule has 0 unspecified atom stereocenters. The van der Waals surface area contributed by atoms with Gasteiger partial charge >= 0.3 is 5.69 Å². The Kier molecular flexibility index (Phi) is 6.20. The van der Waals surface area contributed by atoms with E-state index in [1.165, 1.54) is 0 Å². The highest BCUT2D eigenvalue weighted by Crippen LogP contribution is 2.17. The molecule has 0 aliphatic rings. The van der Waals surface area contributed by atoms with E-state index in [1.807, 2.05) is 30.3 Å². The third-order valence-corrected chi connectivity index (χ3v) is 4.24. The summed E-state index contributed by atoms with van der Waals surface area (Å²) in [6.45, 7) is 1.77. The summed E-state index contributed by atoms with van der Waals surface area (Å²) in [6, 6.07) is 17.8. The summed E-state index contributed by atoms with van der Waals surface area (Å²) in [5.41, 5.74) is 2.51. The van der Waals surface area contributed by atoms with Gasteiger partial charge in [0.2, 0.25) is 5.88 Å². The first kappa shape index (κ1) is 20.0. The predicted molar refractivity (Wildman–Crippen MR) is 117 cm³/mol. The largest absolute Gasteiger partial charge is 0.493 e. The second-order valence-corrected chi connectivity index (χ2v) is 6.38. The highest BCUT2D eigenvalue weighted by atomic mass is 32.1. The fourth-order valence-electron chi connectivity index (χ4n) is 2.71. The van der Waals surface area contributed by atoms with E-state index < -0.39 is 17.1 Å². The van der Waals surface area contributed by atoms with Crippen LogP contribution in [0.1, 0.15) is 18.9 Å². The van der Waals surface area contributed by atoms with E-state index in [2.05, 4.69) is 20.8 Å². The zero-order valence-corrected chi connectivity index (χ0v) is 16.4. The van der Waals surface area contributed by atoms with Gasteiger partial charge in [0.05, 0.1) is 11.4 Å². The van der Waals surface area contributed by atoms with Gasteiger partial charge in [-0.25, -0.2) is 9.36 Å². The van der Waals surface area contributed by atoms with Crippen LogP contribution in [0, 0.1) is 0 Å². The molecule has 4 N–H and O–H groups in total. The zero-order valence-electron chi connectivity index (χ0n) is 15.5. The molecular weight excluding hydrogens is 390 g/mol. The molecule has 1 aromatic heterocycles. The highest BCUT2D eigenvalue weighted by Gasteiger charge is 2.19. The van der Waals surface area contributed by atoms with Crippen molar-refractivity contribution in [1.29, 1.82) is 0 Å². The van der Waals surface area contributed by atoms with Crippen molar-refractivity contribution in [3.8, 4) is 11.6 Å². The van der Waals surface area contributed by atoms with Gasteiger partial charge in [0, 0.05) is 5.69 Å². The number of aromatic amines is 1. The van der Waals surface area contributed by atoms with E-state index in [1.54, 1.807) is 37.3 Å². The Bertz CT molecular complexity index is 1150. The normalized spacial score (nSPS) is 11.1. The van der Waals surface area contributed by atoms with Crippen molar-refractivity contribution in [2.75, 3.05) is 5.32 Å². The van der Waals surface area contributed by atoms with E-state index in [0.717, 1.165) is 10.3 Å². The van der Waals surface area contributed by atoms with Crippen LogP contribution in [0.15, 0.2) is 75.4 Å². The molecule has 0 atom stereocenters. The smallest absolute Gasteiger partial charge is 0.335 e. The third-order valence-electron chi connectivity index (χ3n) is 4.05. The number of anilines is 1. The van der Waals surface area contributed by atoms with Crippen LogP contribution in [0.3, 0.4) is 0 Å². The summed E-state index contributed by atoms with van der Waals surface area (Å²) in [5.74, 6) is -0.491. The van der Waals surface area contributed by atoms with Gasteiger partial charge in [-0.2, -0.15) is 5.10 Å². The predicted octanol–water partition coefficient (Wildman–Crippen LogP) is 2.33. The van der Waals surface area contributed by atoms with Crippen molar-refractivity contribution in [3.63, 3.8) is 0 Å². The number of thiocarbonyl (C=S) groups is 1. The summed E-state index contributed by atoms with van der Waals surface area (Å²) >= 11 is 5.21. The fourth-order valence-corrected chi connectivity index (χ4v) is 2.88. The summed E-state index contributed by atoms with van der Waals surface area (Å²) in [6.07, 6.45) is 0.310. The Morgan fingerprint density at radius 3 is 2.34 bits per heavy atom. The topological polar surface area (TPSA) is 112 Å². The van der Waals surface area contributed by atoms with Crippen molar-refractivity contribution in [2.24, 2.45) is 5.10 Å². The van der Waals surface area contributed by atoms with Crippen LogP contribution in [-0.2, 0) is 0 Å². The minimum absolute atomic E-state index is 0.106. The van der Waals surface area contributed by atoms with Gasteiger partial charge in [-0.05, 0) is 42.9 Å². The number of nitrogens with zero attached hydrogens (tertiary/aromatic N) is 2. The molecule has 8 nitrogen and oxygen atoms in total. The van der Waals surface area contributed by atoms with E-state index >= 15 is 0 Å². The lowest BCUT2D eigenvalue weighted by molar-refractivity contribution is 0.429. The second-order valence-electron chi connectivity index (χ2n) is 5.97. The Hall–Kier alpha value is -3.72. The van der Waals surface area contributed by atoms with Gasteiger partial charge in [0.25, 0.3) is 5.56 Å². The molecule has 1 heterocycles. The summed E-state index contributed by atoms with van der Waals surface area (Å²) in [4.78, 5) is 26.9. The van der Waals surface area contributed by atoms with Gasteiger partial charge in [-0.3, -0.25) is 15.2 Å². The molecule has 0 saturated carbocycles. The van der Waals surface area contributed by atoms with Crippen molar-refractivity contribution >= 4 is 28.7 Å². The van der Waals surface area contributed by atoms with Crippen LogP contribution in [0.4, 0.5) is 5.69 Å². The van der Waals surface area contributed by atoms with Crippen LogP contribution in [0.2, 0.25) is 0 Å². The van der Waals surface area contributed by atoms with Crippen LogP contribution in [0.25, 0.3) is 5.69 Å². The lowest BCUT2D eigenvalue weighted by Gasteiger charge is -2.13. The first-order valence-corrected chi connectivity index (χ1v) is 9.24.